The van der Waals surface area contributed by atoms with E-state index < -0.39 is 43.1 Å². The third-order valence-electron chi connectivity index (χ3n) is 13.8. The van der Waals surface area contributed by atoms with Gasteiger partial charge in [-0.1, -0.05) is 50.2 Å². The fraction of sp³-hybridized carbons (Fsp3) is 0.345. The minimum absolute atomic E-state index is 0.0263. The molecule has 4 aliphatic heterocycles. The number of hydrogen-bond donors (Lipinski definition) is 7. The molecule has 20 heteroatoms. The van der Waals surface area contributed by atoms with Gasteiger partial charge in [0.25, 0.3) is 11.8 Å². The molecular weight excluding hydrogens is 981 g/mol. The number of thioether (sulfide) groups is 1. The number of carbonyl (C=O) groups is 6. The maximum atomic E-state index is 14.1. The fourth-order valence-corrected chi connectivity index (χ4v) is 9.95. The molecule has 4 heterocycles. The molecule has 5 aromatic rings. The lowest BCUT2D eigenvalue weighted by Crippen LogP contribution is -2.45. The van der Waals surface area contributed by atoms with Gasteiger partial charge in [0.15, 0.2) is 23.0 Å². The lowest BCUT2D eigenvalue weighted by molar-refractivity contribution is -0.128. The van der Waals surface area contributed by atoms with Crippen molar-refractivity contribution >= 4 is 75.6 Å². The number of carbonyl (C=O) groups excluding carboxylic acids is 6. The topological polar surface area (TPSA) is 238 Å². The zero-order valence-electron chi connectivity index (χ0n) is 42.3. The van der Waals surface area contributed by atoms with Gasteiger partial charge in [-0.3, -0.25) is 28.8 Å². The highest BCUT2D eigenvalue weighted by Gasteiger charge is 2.42. The Morgan fingerprint density at radius 2 is 1.21 bits per heavy atom. The van der Waals surface area contributed by atoms with Crippen LogP contribution in [0.2, 0.25) is 0 Å². The van der Waals surface area contributed by atoms with Crippen LogP contribution in [0.4, 0.5) is 28.4 Å². The first-order chi connectivity index (χ1) is 36.1. The number of fused-ring (bicyclic) bond motifs is 8. The molecule has 6 amide bonds. The summed E-state index contributed by atoms with van der Waals surface area (Å²) >= 11 is 1.65. The lowest BCUT2D eigenvalue weighted by Gasteiger charge is -2.26. The Kier molecular flexibility index (Phi) is 15.4. The number of aliphatic hydroxyl groups excluding tert-OH is 1. The van der Waals surface area contributed by atoms with E-state index in [9.17, 15) is 33.9 Å². The number of methoxy groups -OCH3 is 2. The number of ether oxygens (including phenoxy) is 4. The van der Waals surface area contributed by atoms with E-state index in [1.807, 2.05) is 79.6 Å². The van der Waals surface area contributed by atoms with Gasteiger partial charge in [0.1, 0.15) is 19.4 Å². The number of aliphatic hydroxyl groups is 1. The quantitative estimate of drug-likeness (QED) is 0.0550. The van der Waals surface area contributed by atoms with Crippen LogP contribution in [-0.2, 0) is 45.2 Å². The molecule has 3 atom stereocenters. The molecule has 0 aliphatic carbocycles. The molecule has 0 bridgehead atoms. The maximum Gasteiger partial charge on any atom is 0.260 e. The van der Waals surface area contributed by atoms with Crippen molar-refractivity contribution in [3.8, 4) is 23.0 Å². The molecule has 0 spiro atoms. The molecule has 0 saturated carbocycles. The zero-order valence-corrected chi connectivity index (χ0v) is 43.1. The largest absolute Gasteiger partial charge is 0.493 e. The maximum absolute atomic E-state index is 14.1. The summed E-state index contributed by atoms with van der Waals surface area (Å²) in [6, 6.07) is 26.7. The van der Waals surface area contributed by atoms with Crippen LogP contribution in [0.5, 0.6) is 23.0 Å². The summed E-state index contributed by atoms with van der Waals surface area (Å²) in [5.41, 5.74) is 6.89. The number of hydrogen-bond acceptors (Lipinski definition) is 14. The lowest BCUT2D eigenvalue weighted by atomic mass is 10.1. The van der Waals surface area contributed by atoms with Crippen molar-refractivity contribution < 1.29 is 52.8 Å². The Bertz CT molecular complexity index is 3060. The van der Waals surface area contributed by atoms with E-state index in [0.29, 0.717) is 70.2 Å². The Hall–Kier alpha value is -7.97. The first-order valence-electron chi connectivity index (χ1n) is 24.6. The molecule has 7 N–H and O–H groups in total. The second-order valence-corrected chi connectivity index (χ2v) is 20.8. The first kappa shape index (κ1) is 51.9. The van der Waals surface area contributed by atoms with Gasteiger partial charge in [-0.2, -0.15) is 11.8 Å². The summed E-state index contributed by atoms with van der Waals surface area (Å²) < 4.78 is 24.2. The van der Waals surface area contributed by atoms with Crippen molar-refractivity contribution in [1.82, 2.24) is 16.0 Å². The number of para-hydroxylation sites is 2. The van der Waals surface area contributed by atoms with Crippen LogP contribution in [0, 0.1) is 0 Å². The standard InChI is InChI=1S/C55H60N8O11S/c1-55(2,75-5)15-14-48(64)57-26-49(65)58-27-50(66)59-28-51(67)60-35-17-31(29-73-46-23-39-37(21-44(46)71-3)53(69)62-36(25-56-39)19-33-10-6-8-12-41(33)62)16-32(18-35)30-74-47-24-40-38(22-45(47)72-4)54(70)63-42-13-9-7-11-34(42)20-43(63)52(68)61-40/h6-13,16-18,21-24,36,43,52,56,61,68H,14-15,19-20,25-30H2,1-5H3,(H,57,64)(H,58,65)(H,59,66)(H,60,67)/t36-,43?,52+/m0/s1. The number of anilines is 5. The molecule has 4 aliphatic rings. The molecule has 19 nitrogen and oxygen atoms in total. The van der Waals surface area contributed by atoms with E-state index in [1.165, 1.54) is 14.2 Å². The van der Waals surface area contributed by atoms with Gasteiger partial charge in [0.05, 0.1) is 68.4 Å². The van der Waals surface area contributed by atoms with Crippen LogP contribution < -0.4 is 60.6 Å². The van der Waals surface area contributed by atoms with Crippen molar-refractivity contribution in [2.24, 2.45) is 0 Å². The normalized spacial score (nSPS) is 17.0. The van der Waals surface area contributed by atoms with Gasteiger partial charge < -0.3 is 65.8 Å². The summed E-state index contributed by atoms with van der Waals surface area (Å²) in [6.45, 7) is 3.36. The highest BCUT2D eigenvalue weighted by Crippen LogP contribution is 2.43. The van der Waals surface area contributed by atoms with Gasteiger partial charge in [-0.05, 0) is 90.2 Å². The Balaban J connectivity index is 0.900. The molecule has 0 radical (unpaired) electrons. The van der Waals surface area contributed by atoms with E-state index in [0.717, 1.165) is 28.9 Å². The smallest absolute Gasteiger partial charge is 0.260 e. The van der Waals surface area contributed by atoms with Crippen molar-refractivity contribution in [2.45, 2.75) is 75.8 Å². The second kappa shape index (κ2) is 22.2. The molecule has 5 aromatic carbocycles. The van der Waals surface area contributed by atoms with Crippen LogP contribution in [0.15, 0.2) is 91.0 Å². The predicted molar refractivity (Wildman–Crippen MR) is 285 cm³/mol. The minimum Gasteiger partial charge on any atom is -0.493 e. The van der Waals surface area contributed by atoms with E-state index in [1.54, 1.807) is 53.1 Å². The summed E-state index contributed by atoms with van der Waals surface area (Å²) in [6.07, 6.45) is 2.97. The molecule has 0 aromatic heterocycles. The van der Waals surface area contributed by atoms with Crippen molar-refractivity contribution in [3.05, 3.63) is 124 Å². The van der Waals surface area contributed by atoms with Gasteiger partial charge in [-0.25, -0.2) is 0 Å². The SMILES string of the molecule is COc1cc2c(cc1OCc1cc(COc3cc4c(cc3OC)C(=O)N3c5ccccc5C[C@H]3CN4)cc(NC(=O)CNC(=O)CNC(=O)CNC(=O)CCC(C)(C)SC)c1)N[C@H](O)C1Cc3ccccc3N1C2=O. The molecule has 0 fully saturated rings. The van der Waals surface area contributed by atoms with E-state index in [2.05, 4.69) is 31.9 Å². The second-order valence-electron chi connectivity index (χ2n) is 19.3. The van der Waals surface area contributed by atoms with Crippen molar-refractivity contribution in [1.29, 1.82) is 0 Å². The highest BCUT2D eigenvalue weighted by molar-refractivity contribution is 7.99. The van der Waals surface area contributed by atoms with Crippen LogP contribution in [0.25, 0.3) is 0 Å². The third kappa shape index (κ3) is 11.6. The van der Waals surface area contributed by atoms with Crippen LogP contribution in [0.1, 0.15) is 69.7 Å². The van der Waals surface area contributed by atoms with E-state index in [4.69, 9.17) is 18.9 Å². The van der Waals surface area contributed by atoms with Crippen molar-refractivity contribution in [2.75, 3.05) is 72.4 Å². The van der Waals surface area contributed by atoms with Crippen LogP contribution in [-0.4, -0.2) is 110 Å². The zero-order chi connectivity index (χ0) is 53.0. The van der Waals surface area contributed by atoms with E-state index >= 15 is 0 Å². The minimum atomic E-state index is -1.09. The van der Waals surface area contributed by atoms with Gasteiger partial charge >= 0.3 is 0 Å². The Morgan fingerprint density at radius 3 is 1.83 bits per heavy atom. The van der Waals surface area contributed by atoms with Gasteiger partial charge in [0.2, 0.25) is 23.6 Å². The predicted octanol–water partition coefficient (Wildman–Crippen LogP) is 5.38. The molecule has 392 valence electrons. The van der Waals surface area contributed by atoms with Gasteiger partial charge in [-0.15, -0.1) is 0 Å². The average molecular weight is 1040 g/mol. The summed E-state index contributed by atoms with van der Waals surface area (Å²) in [4.78, 5) is 82.4. The summed E-state index contributed by atoms with van der Waals surface area (Å²) in [5, 5.41) is 28.3. The highest BCUT2D eigenvalue weighted by atomic mass is 32.2. The number of amides is 6. The van der Waals surface area contributed by atoms with Gasteiger partial charge in [0, 0.05) is 46.9 Å². The molecule has 1 unspecified atom stereocenters. The fourth-order valence-electron chi connectivity index (χ4n) is 9.65. The number of nitrogens with zero attached hydrogens (tertiary/aromatic N) is 2. The Morgan fingerprint density at radius 1 is 0.680 bits per heavy atom. The van der Waals surface area contributed by atoms with E-state index in [-0.39, 0.29) is 66.2 Å². The Labute approximate surface area is 438 Å². The average Bonchev–Trinajstić information content (AvgIpc) is 3.94. The number of nitrogens with one attached hydrogen (secondary N) is 6. The molecule has 75 heavy (non-hydrogen) atoms. The third-order valence-corrected chi connectivity index (χ3v) is 15.1. The monoisotopic (exact) mass is 1040 g/mol. The molecule has 9 rings (SSSR count). The number of rotatable bonds is 19. The van der Waals surface area contributed by atoms with Crippen LogP contribution >= 0.6 is 11.8 Å². The molecule has 0 saturated heterocycles. The number of benzene rings is 5. The summed E-state index contributed by atoms with van der Waals surface area (Å²) in [7, 11) is 2.96. The summed E-state index contributed by atoms with van der Waals surface area (Å²) in [5.74, 6) is -1.24. The molecular formula is C55H60N8O11S. The first-order valence-corrected chi connectivity index (χ1v) is 25.8. The van der Waals surface area contributed by atoms with Crippen LogP contribution in [0.3, 0.4) is 0 Å². The van der Waals surface area contributed by atoms with Crippen molar-refractivity contribution in [3.63, 3.8) is 0 Å².